The Morgan fingerprint density at radius 2 is 1.12 bits per heavy atom. The molecule has 0 spiro atoms. The lowest BCUT2D eigenvalue weighted by Gasteiger charge is -2.17. The predicted octanol–water partition coefficient (Wildman–Crippen LogP) is 9.67. The van der Waals surface area contributed by atoms with Crippen molar-refractivity contribution in [3.63, 3.8) is 0 Å². The number of pyridine rings is 1. The second-order valence-electron chi connectivity index (χ2n) is 10.5. The highest BCUT2D eigenvalue weighted by molar-refractivity contribution is 5.67. The number of rotatable bonds is 23. The minimum Gasteiger partial charge on any atom is -0.234 e. The maximum atomic E-state index is 4.57. The van der Waals surface area contributed by atoms with Crippen molar-refractivity contribution in [3.05, 3.63) is 18.3 Å². The Labute approximate surface area is 210 Å². The van der Waals surface area contributed by atoms with Crippen LogP contribution in [0.3, 0.4) is 0 Å². The van der Waals surface area contributed by atoms with Gasteiger partial charge in [0.25, 0.3) is 0 Å². The maximum Gasteiger partial charge on any atom is 0.201 e. The fraction of sp³-hybridized carbons (Fsp3) is 0.833. The van der Waals surface area contributed by atoms with Crippen LogP contribution in [0.2, 0.25) is 0 Å². The molecule has 0 aliphatic carbocycles. The number of fused-ring (bicyclic) bond motifs is 1. The van der Waals surface area contributed by atoms with Gasteiger partial charge in [0.1, 0.15) is 5.52 Å². The first-order valence-electron chi connectivity index (χ1n) is 15.0. The van der Waals surface area contributed by atoms with Gasteiger partial charge in [-0.1, -0.05) is 142 Å². The average Bonchev–Trinajstić information content (AvgIpc) is 3.27. The zero-order valence-corrected chi connectivity index (χ0v) is 22.7. The third-order valence-electron chi connectivity index (χ3n) is 7.35. The predicted molar refractivity (Wildman–Crippen MR) is 147 cm³/mol. The Kier molecular flexibility index (Phi) is 16.8. The first kappa shape index (κ1) is 28.8. The van der Waals surface area contributed by atoms with Gasteiger partial charge in [0.15, 0.2) is 0 Å². The second kappa shape index (κ2) is 19.8. The van der Waals surface area contributed by atoms with E-state index in [0.717, 1.165) is 23.6 Å². The molecular formula is C30H54N4. The van der Waals surface area contributed by atoms with E-state index in [1.807, 2.05) is 16.9 Å². The van der Waals surface area contributed by atoms with E-state index in [9.17, 15) is 0 Å². The summed E-state index contributed by atoms with van der Waals surface area (Å²) in [6.07, 6.45) is 31.4. The zero-order valence-electron chi connectivity index (χ0n) is 22.7. The number of hydrogen-bond acceptors (Lipinski definition) is 3. The molecule has 194 valence electrons. The van der Waals surface area contributed by atoms with Crippen LogP contribution in [0.1, 0.15) is 149 Å². The van der Waals surface area contributed by atoms with Gasteiger partial charge in [-0.05, 0) is 24.5 Å². The summed E-state index contributed by atoms with van der Waals surface area (Å²) in [5, 5.41) is 9.08. The van der Waals surface area contributed by atoms with E-state index in [2.05, 4.69) is 29.0 Å². The lowest BCUT2D eigenvalue weighted by Crippen LogP contribution is -2.05. The van der Waals surface area contributed by atoms with E-state index in [0.29, 0.717) is 0 Å². The molecule has 2 aromatic rings. The van der Waals surface area contributed by atoms with E-state index >= 15 is 0 Å². The third kappa shape index (κ3) is 13.4. The van der Waals surface area contributed by atoms with E-state index < -0.39 is 0 Å². The Balaban J connectivity index is 1.61. The highest BCUT2D eigenvalue weighted by atomic mass is 15.5. The van der Waals surface area contributed by atoms with Gasteiger partial charge in [0.05, 0.1) is 6.54 Å². The molecule has 0 aliphatic heterocycles. The molecule has 0 saturated carbocycles. The molecule has 0 unspecified atom stereocenters. The highest BCUT2D eigenvalue weighted by Crippen LogP contribution is 2.24. The van der Waals surface area contributed by atoms with Gasteiger partial charge in [-0.25, -0.2) is 4.98 Å². The molecule has 34 heavy (non-hydrogen) atoms. The number of nitrogens with zero attached hydrogens (tertiary/aromatic N) is 4. The van der Waals surface area contributed by atoms with E-state index in [-0.39, 0.29) is 0 Å². The van der Waals surface area contributed by atoms with E-state index in [1.54, 1.807) is 6.20 Å². The van der Waals surface area contributed by atoms with Crippen LogP contribution in [-0.4, -0.2) is 20.0 Å². The summed E-state index contributed by atoms with van der Waals surface area (Å²) in [7, 11) is 0. The molecular weight excluding hydrogens is 416 g/mol. The minimum atomic E-state index is 0.768. The molecule has 0 aromatic carbocycles. The molecule has 2 rings (SSSR count). The van der Waals surface area contributed by atoms with Crippen molar-refractivity contribution < 1.29 is 0 Å². The van der Waals surface area contributed by atoms with Gasteiger partial charge < -0.3 is 0 Å². The molecule has 0 amide bonds. The summed E-state index contributed by atoms with van der Waals surface area (Å²) in [6.45, 7) is 5.52. The Bertz CT molecular complexity index is 658. The van der Waals surface area contributed by atoms with Crippen molar-refractivity contribution in [1.82, 2.24) is 20.0 Å². The fourth-order valence-electron chi connectivity index (χ4n) is 5.15. The smallest absolute Gasteiger partial charge is 0.201 e. The summed E-state index contributed by atoms with van der Waals surface area (Å²) in [6, 6.07) is 3.93. The molecule has 0 N–H and O–H groups in total. The van der Waals surface area contributed by atoms with Crippen molar-refractivity contribution in [1.29, 1.82) is 0 Å². The lowest BCUT2D eigenvalue weighted by atomic mass is 9.90. The lowest BCUT2D eigenvalue weighted by molar-refractivity contribution is 0.359. The van der Waals surface area contributed by atoms with Crippen LogP contribution in [-0.2, 0) is 6.54 Å². The Morgan fingerprint density at radius 1 is 0.618 bits per heavy atom. The van der Waals surface area contributed by atoms with Gasteiger partial charge in [-0.3, -0.25) is 0 Å². The molecule has 0 fully saturated rings. The minimum absolute atomic E-state index is 0.768. The van der Waals surface area contributed by atoms with E-state index in [4.69, 9.17) is 0 Å². The SMILES string of the molecule is CCCCCCCCCCC(CCCCCCCCCC)CCCCn1nc2cccnc2n1. The van der Waals surface area contributed by atoms with Gasteiger partial charge in [0, 0.05) is 6.20 Å². The van der Waals surface area contributed by atoms with Crippen molar-refractivity contribution in [2.24, 2.45) is 5.92 Å². The number of hydrogen-bond donors (Lipinski definition) is 0. The quantitative estimate of drug-likeness (QED) is 0.152. The Morgan fingerprint density at radius 3 is 1.65 bits per heavy atom. The maximum absolute atomic E-state index is 4.57. The normalized spacial score (nSPS) is 11.7. The second-order valence-corrected chi connectivity index (χ2v) is 10.5. The molecule has 0 atom stereocenters. The number of unbranched alkanes of at least 4 members (excludes halogenated alkanes) is 15. The molecule has 0 aliphatic rings. The Hall–Kier alpha value is -1.45. The van der Waals surface area contributed by atoms with Crippen LogP contribution in [0.15, 0.2) is 18.3 Å². The van der Waals surface area contributed by atoms with E-state index in [1.165, 1.54) is 135 Å². The standard InChI is InChI=1S/C30H54N4/c1-3-5-7-9-11-13-15-17-22-28(23-18-16-14-12-10-8-6-4-2)24-19-20-27-34-32-29-25-21-26-31-30(29)33-34/h21,25-26,28H,3-20,22-24,27H2,1-2H3. The van der Waals surface area contributed by atoms with Crippen LogP contribution in [0, 0.1) is 5.92 Å². The van der Waals surface area contributed by atoms with Gasteiger partial charge in [-0.15, -0.1) is 5.10 Å². The van der Waals surface area contributed by atoms with Crippen molar-refractivity contribution in [3.8, 4) is 0 Å². The molecule has 2 aromatic heterocycles. The average molecular weight is 471 g/mol. The third-order valence-corrected chi connectivity index (χ3v) is 7.35. The summed E-state index contributed by atoms with van der Waals surface area (Å²) in [4.78, 5) is 6.15. The van der Waals surface area contributed by atoms with Gasteiger partial charge in [0.2, 0.25) is 5.65 Å². The van der Waals surface area contributed by atoms with Crippen LogP contribution in [0.5, 0.6) is 0 Å². The molecule has 4 nitrogen and oxygen atoms in total. The van der Waals surface area contributed by atoms with Gasteiger partial charge in [-0.2, -0.15) is 9.90 Å². The van der Waals surface area contributed by atoms with Crippen molar-refractivity contribution in [2.45, 2.75) is 155 Å². The highest BCUT2D eigenvalue weighted by Gasteiger charge is 2.09. The number of aromatic nitrogens is 4. The summed E-state index contributed by atoms with van der Waals surface area (Å²) in [5.41, 5.74) is 1.68. The van der Waals surface area contributed by atoms with Crippen LogP contribution < -0.4 is 0 Å². The largest absolute Gasteiger partial charge is 0.234 e. The van der Waals surface area contributed by atoms with Crippen molar-refractivity contribution in [2.75, 3.05) is 0 Å². The van der Waals surface area contributed by atoms with Gasteiger partial charge >= 0.3 is 0 Å². The molecule has 0 bridgehead atoms. The summed E-state index contributed by atoms with van der Waals surface area (Å²) >= 11 is 0. The monoisotopic (exact) mass is 470 g/mol. The zero-order chi connectivity index (χ0) is 24.1. The topological polar surface area (TPSA) is 43.6 Å². The van der Waals surface area contributed by atoms with Crippen LogP contribution in [0.4, 0.5) is 0 Å². The summed E-state index contributed by atoms with van der Waals surface area (Å²) in [5.74, 6) is 0.923. The molecule has 0 radical (unpaired) electrons. The fourth-order valence-corrected chi connectivity index (χ4v) is 5.15. The first-order valence-corrected chi connectivity index (χ1v) is 15.0. The van der Waals surface area contributed by atoms with Crippen LogP contribution >= 0.6 is 0 Å². The molecule has 0 saturated heterocycles. The van der Waals surface area contributed by atoms with Crippen molar-refractivity contribution >= 4 is 11.2 Å². The molecule has 4 heteroatoms. The summed E-state index contributed by atoms with van der Waals surface area (Å²) < 4.78 is 0. The molecule has 2 heterocycles. The van der Waals surface area contributed by atoms with Crippen LogP contribution in [0.25, 0.3) is 11.2 Å². The first-order chi connectivity index (χ1) is 16.8. The number of aryl methyl sites for hydroxylation is 1.